The van der Waals surface area contributed by atoms with Gasteiger partial charge in [0.1, 0.15) is 6.04 Å². The zero-order valence-corrected chi connectivity index (χ0v) is 4.91. The SMILES string of the molecule is [2H]ON1CCC[C@H]1C(=O)O. The molecule has 1 saturated heterocycles. The fraction of sp³-hybridized carbons (Fsp3) is 0.800. The Bertz CT molecular complexity index is 141. The molecule has 1 atom stereocenters. The third-order valence-electron chi connectivity index (χ3n) is 1.49. The van der Waals surface area contributed by atoms with E-state index in [2.05, 4.69) is 5.21 Å². The van der Waals surface area contributed by atoms with Crippen LogP contribution < -0.4 is 0 Å². The molecule has 1 rings (SSSR count). The van der Waals surface area contributed by atoms with Gasteiger partial charge in [0.15, 0.2) is 0 Å². The summed E-state index contributed by atoms with van der Waals surface area (Å²) >= 11 is 0. The van der Waals surface area contributed by atoms with E-state index in [1.165, 1.54) is 5.06 Å². The molecule has 1 aliphatic heterocycles. The topological polar surface area (TPSA) is 60.8 Å². The van der Waals surface area contributed by atoms with Crippen LogP contribution in [0.25, 0.3) is 0 Å². The minimum absolute atomic E-state index is 0.542. The van der Waals surface area contributed by atoms with Crippen molar-refractivity contribution in [1.82, 2.24) is 5.06 Å². The number of rotatable bonds is 2. The molecule has 0 aromatic carbocycles. The summed E-state index contributed by atoms with van der Waals surface area (Å²) in [5.74, 6) is -0.912. The van der Waals surface area contributed by atoms with Crippen molar-refractivity contribution < 1.29 is 16.5 Å². The molecule has 0 aromatic rings. The highest BCUT2D eigenvalue weighted by molar-refractivity contribution is 5.73. The summed E-state index contributed by atoms with van der Waals surface area (Å²) in [4.78, 5) is 10.4. The van der Waals surface area contributed by atoms with Gasteiger partial charge in [-0.05, 0) is 12.8 Å². The van der Waals surface area contributed by atoms with Crippen LogP contribution in [0, 0.1) is 0 Å². The predicted octanol–water partition coefficient (Wildman–Crippen LogP) is -0.0754. The van der Waals surface area contributed by atoms with Gasteiger partial charge in [0, 0.05) is 6.54 Å². The number of hydrogen-bond acceptors (Lipinski definition) is 3. The van der Waals surface area contributed by atoms with Gasteiger partial charge < -0.3 is 10.3 Å². The fourth-order valence-electron chi connectivity index (χ4n) is 0.987. The second kappa shape index (κ2) is 2.33. The lowest BCUT2D eigenvalue weighted by atomic mass is 10.2. The molecular formula is C5H9NO3. The lowest BCUT2D eigenvalue weighted by Crippen LogP contribution is -2.32. The fourth-order valence-corrected chi connectivity index (χ4v) is 0.987. The molecule has 52 valence electrons. The van der Waals surface area contributed by atoms with Crippen LogP contribution in [0.1, 0.15) is 12.8 Å². The van der Waals surface area contributed by atoms with Crippen molar-refractivity contribution in [1.29, 1.82) is 0 Å². The maximum absolute atomic E-state index is 10.4. The first kappa shape index (κ1) is 5.20. The molecule has 1 heterocycles. The van der Waals surface area contributed by atoms with Crippen molar-refractivity contribution in [3.63, 3.8) is 0 Å². The van der Waals surface area contributed by atoms with Crippen LogP contribution >= 0.6 is 0 Å². The van der Waals surface area contributed by atoms with Crippen LogP contribution in [0.5, 0.6) is 0 Å². The van der Waals surface area contributed by atoms with Crippen molar-refractivity contribution >= 4 is 5.97 Å². The smallest absolute Gasteiger partial charge is 0.323 e. The van der Waals surface area contributed by atoms with Gasteiger partial charge >= 0.3 is 5.97 Å². The van der Waals surface area contributed by atoms with Crippen molar-refractivity contribution in [3.8, 4) is 0 Å². The summed E-state index contributed by atoms with van der Waals surface area (Å²) in [6.45, 7) is 0.542. The molecule has 0 aliphatic carbocycles. The molecule has 0 aromatic heterocycles. The quantitative estimate of drug-likeness (QED) is 0.552. The van der Waals surface area contributed by atoms with Gasteiger partial charge in [0.25, 0.3) is 0 Å². The summed E-state index contributed by atoms with van der Waals surface area (Å²) in [6.07, 6.45) is 1.37. The van der Waals surface area contributed by atoms with Crippen molar-refractivity contribution in [3.05, 3.63) is 0 Å². The molecule has 4 heteroatoms. The average molecular weight is 132 g/mol. The number of hydrogen-bond donors (Lipinski definition) is 2. The normalized spacial score (nSPS) is 30.2. The first-order valence-electron chi connectivity index (χ1n) is 3.29. The number of aliphatic carboxylic acids is 1. The van der Waals surface area contributed by atoms with E-state index in [4.69, 9.17) is 6.54 Å². The largest absolute Gasteiger partial charge is 0.480 e. The highest BCUT2D eigenvalue weighted by Gasteiger charge is 2.28. The Hall–Kier alpha value is -0.610. The Morgan fingerprint density at radius 2 is 2.67 bits per heavy atom. The standard InChI is InChI=1S/C5H9NO3/c7-5(8)4-2-1-3-6(4)9/h4,9H,1-3H2,(H,7,8)/t4-/m0/s1/i9D. The second-order valence-corrected chi connectivity index (χ2v) is 2.14. The van der Waals surface area contributed by atoms with E-state index in [-0.39, 0.29) is 0 Å². The molecular weight excluding hydrogens is 122 g/mol. The zero-order chi connectivity index (χ0) is 7.56. The van der Waals surface area contributed by atoms with Gasteiger partial charge in [0.2, 0.25) is 1.43 Å². The van der Waals surface area contributed by atoms with E-state index >= 15 is 0 Å². The van der Waals surface area contributed by atoms with Crippen LogP contribution in [0.15, 0.2) is 0 Å². The van der Waals surface area contributed by atoms with Gasteiger partial charge in [-0.3, -0.25) is 4.79 Å². The third-order valence-corrected chi connectivity index (χ3v) is 1.49. The monoisotopic (exact) mass is 132 g/mol. The van der Waals surface area contributed by atoms with Gasteiger partial charge in [-0.2, -0.15) is 5.06 Å². The number of nitrogens with zero attached hydrogens (tertiary/aromatic N) is 1. The van der Waals surface area contributed by atoms with Crippen LogP contribution in [0.2, 0.25) is 1.43 Å². The molecule has 0 bridgehead atoms. The third kappa shape index (κ3) is 1.20. The molecule has 9 heavy (non-hydrogen) atoms. The average Bonchev–Trinajstić information content (AvgIpc) is 2.33. The van der Waals surface area contributed by atoms with E-state index < -0.39 is 12.0 Å². The molecule has 0 radical (unpaired) electrons. The first-order valence-corrected chi connectivity index (χ1v) is 2.88. The molecule has 1 aliphatic rings. The van der Waals surface area contributed by atoms with Crippen LogP contribution in [0.3, 0.4) is 0 Å². The van der Waals surface area contributed by atoms with Crippen LogP contribution in [-0.2, 0) is 4.79 Å². The van der Waals surface area contributed by atoms with E-state index in [9.17, 15) is 4.79 Å². The van der Waals surface area contributed by atoms with E-state index in [0.29, 0.717) is 13.0 Å². The number of carboxylic acids is 1. The molecule has 1 fully saturated rings. The van der Waals surface area contributed by atoms with Gasteiger partial charge in [-0.1, -0.05) is 0 Å². The summed E-state index contributed by atoms with van der Waals surface area (Å²) in [7, 11) is 0. The van der Waals surface area contributed by atoms with Gasteiger partial charge in [0.05, 0.1) is 0 Å². The number of carbonyl (C=O) groups is 1. The number of hydroxylamine groups is 2. The summed E-state index contributed by atoms with van der Waals surface area (Å²) in [5.41, 5.74) is 0. The van der Waals surface area contributed by atoms with E-state index in [0.717, 1.165) is 6.42 Å². The van der Waals surface area contributed by atoms with Crippen LogP contribution in [-0.4, -0.2) is 33.9 Å². The Morgan fingerprint density at radius 1 is 1.89 bits per heavy atom. The summed E-state index contributed by atoms with van der Waals surface area (Å²) in [5, 5.41) is 13.8. The van der Waals surface area contributed by atoms with E-state index in [1.54, 1.807) is 0 Å². The Morgan fingerprint density at radius 3 is 3.11 bits per heavy atom. The zero-order valence-electron chi connectivity index (χ0n) is 5.91. The molecule has 0 unspecified atom stereocenters. The second-order valence-electron chi connectivity index (χ2n) is 2.14. The Labute approximate surface area is 54.1 Å². The summed E-state index contributed by atoms with van der Waals surface area (Å²) < 4.78 is 6.49. The Balaban J connectivity index is 2.50. The molecule has 2 N–H and O–H groups in total. The van der Waals surface area contributed by atoms with Crippen molar-refractivity contribution in [2.75, 3.05) is 6.54 Å². The maximum Gasteiger partial charge on any atom is 0.323 e. The maximum atomic E-state index is 10.4. The highest BCUT2D eigenvalue weighted by Crippen LogP contribution is 2.13. The number of carboxylic acid groups (broad SMARTS) is 1. The highest BCUT2D eigenvalue weighted by atomic mass is 16.5. The van der Waals surface area contributed by atoms with Crippen molar-refractivity contribution in [2.24, 2.45) is 0 Å². The van der Waals surface area contributed by atoms with Crippen LogP contribution in [0.4, 0.5) is 0 Å². The minimum atomic E-state index is -0.912. The lowest BCUT2D eigenvalue weighted by molar-refractivity contribution is -0.160. The predicted molar refractivity (Wildman–Crippen MR) is 29.2 cm³/mol. The Kier molecular flexibility index (Phi) is 1.34. The summed E-state index contributed by atoms with van der Waals surface area (Å²) in [6, 6.07) is -0.613. The van der Waals surface area contributed by atoms with E-state index in [1.807, 2.05) is 0 Å². The van der Waals surface area contributed by atoms with Gasteiger partial charge in [-0.25, -0.2) is 0 Å². The molecule has 0 saturated carbocycles. The van der Waals surface area contributed by atoms with Gasteiger partial charge in [-0.15, -0.1) is 0 Å². The lowest BCUT2D eigenvalue weighted by Gasteiger charge is -2.11. The molecule has 4 nitrogen and oxygen atoms in total. The van der Waals surface area contributed by atoms with Crippen molar-refractivity contribution in [2.45, 2.75) is 18.9 Å². The molecule has 0 spiro atoms. The molecule has 0 amide bonds. The minimum Gasteiger partial charge on any atom is -0.480 e. The first-order chi connectivity index (χ1) is 4.75.